The van der Waals surface area contributed by atoms with Crippen LogP contribution in [0.2, 0.25) is 0 Å². The minimum atomic E-state index is -0.544. The molecule has 0 aliphatic carbocycles. The quantitative estimate of drug-likeness (QED) is 0.527. The third kappa shape index (κ3) is 2.96. The van der Waals surface area contributed by atoms with Gasteiger partial charge in [0.25, 0.3) is 5.56 Å². The van der Waals surface area contributed by atoms with Crippen LogP contribution in [0.5, 0.6) is 0 Å². The maximum absolute atomic E-state index is 13.9. The molecule has 0 saturated carbocycles. The molecule has 22 heavy (non-hydrogen) atoms. The van der Waals surface area contributed by atoms with Crippen LogP contribution >= 0.6 is 45.2 Å². The third-order valence-electron chi connectivity index (χ3n) is 3.29. The number of halogens is 3. The van der Waals surface area contributed by atoms with Crippen molar-refractivity contribution in [1.29, 1.82) is 0 Å². The van der Waals surface area contributed by atoms with Crippen LogP contribution in [0.15, 0.2) is 46.0 Å². The van der Waals surface area contributed by atoms with Crippen LogP contribution < -0.4 is 11.2 Å². The first-order chi connectivity index (χ1) is 10.5. The SMILES string of the molecule is O=c1[nH]c2cc(I)ccc2c(=O)n1Cc1ccc(I)cc1F. The van der Waals surface area contributed by atoms with Crippen molar-refractivity contribution < 1.29 is 4.39 Å². The molecule has 0 amide bonds. The van der Waals surface area contributed by atoms with E-state index in [0.29, 0.717) is 16.5 Å². The summed E-state index contributed by atoms with van der Waals surface area (Å²) in [7, 11) is 0. The van der Waals surface area contributed by atoms with Crippen LogP contribution in [0.4, 0.5) is 4.39 Å². The number of H-pyrrole nitrogens is 1. The molecule has 0 bridgehead atoms. The second-order valence-corrected chi connectivity index (χ2v) is 7.24. The molecule has 3 rings (SSSR count). The van der Waals surface area contributed by atoms with Crippen LogP contribution in [0, 0.1) is 13.0 Å². The molecule has 1 N–H and O–H groups in total. The molecule has 0 spiro atoms. The van der Waals surface area contributed by atoms with Gasteiger partial charge in [0, 0.05) is 12.7 Å². The van der Waals surface area contributed by atoms with Crippen LogP contribution in [-0.4, -0.2) is 9.55 Å². The van der Waals surface area contributed by atoms with Gasteiger partial charge in [-0.25, -0.2) is 9.18 Å². The van der Waals surface area contributed by atoms with Gasteiger partial charge in [0.05, 0.1) is 17.4 Å². The molecule has 0 saturated heterocycles. The van der Waals surface area contributed by atoms with Crippen LogP contribution in [-0.2, 0) is 6.54 Å². The summed E-state index contributed by atoms with van der Waals surface area (Å²) in [6.07, 6.45) is 0. The fraction of sp³-hybridized carbons (Fsp3) is 0.0667. The summed E-state index contributed by atoms with van der Waals surface area (Å²) in [6, 6.07) is 9.88. The van der Waals surface area contributed by atoms with E-state index >= 15 is 0 Å². The average Bonchev–Trinajstić information content (AvgIpc) is 2.45. The Balaban J connectivity index is 2.17. The number of hydrogen-bond acceptors (Lipinski definition) is 2. The molecule has 7 heteroatoms. The number of rotatable bonds is 2. The number of hydrogen-bond donors (Lipinski definition) is 1. The predicted octanol–water partition coefficient (Wildman–Crippen LogP) is 3.09. The zero-order chi connectivity index (χ0) is 15.9. The molecular formula is C15H9FI2N2O2. The number of aromatic nitrogens is 2. The summed E-state index contributed by atoms with van der Waals surface area (Å²) in [5.41, 5.74) is -0.176. The third-order valence-corrected chi connectivity index (χ3v) is 4.63. The Morgan fingerprint density at radius 3 is 2.45 bits per heavy atom. The Kier molecular flexibility index (Phi) is 4.35. The van der Waals surface area contributed by atoms with Gasteiger partial charge in [-0.1, -0.05) is 6.07 Å². The highest BCUT2D eigenvalue weighted by Gasteiger charge is 2.11. The van der Waals surface area contributed by atoms with Gasteiger partial charge in [0.15, 0.2) is 0 Å². The van der Waals surface area contributed by atoms with Crippen molar-refractivity contribution in [3.63, 3.8) is 0 Å². The van der Waals surface area contributed by atoms with Gasteiger partial charge in [-0.3, -0.25) is 9.36 Å². The Hall–Kier alpha value is -1.23. The van der Waals surface area contributed by atoms with Crippen molar-refractivity contribution >= 4 is 56.1 Å². The van der Waals surface area contributed by atoms with Gasteiger partial charge in [-0.2, -0.15) is 0 Å². The number of aromatic amines is 1. The summed E-state index contributed by atoms with van der Waals surface area (Å²) in [6.45, 7) is -0.0984. The number of nitrogens with zero attached hydrogens (tertiary/aromatic N) is 1. The van der Waals surface area contributed by atoms with Crippen molar-refractivity contribution in [2.45, 2.75) is 6.54 Å². The standard InChI is InChI=1S/C15H9FI2N2O2/c16-12-5-9(17)2-1-8(12)7-20-14(21)11-4-3-10(18)6-13(11)19-15(20)22/h1-6H,7H2,(H,19,22). The lowest BCUT2D eigenvalue weighted by Crippen LogP contribution is -2.35. The summed E-state index contributed by atoms with van der Waals surface area (Å²) in [4.78, 5) is 27.3. The maximum Gasteiger partial charge on any atom is 0.329 e. The second kappa shape index (κ2) is 6.11. The molecule has 112 valence electrons. The van der Waals surface area contributed by atoms with E-state index in [1.54, 1.807) is 30.3 Å². The van der Waals surface area contributed by atoms with Crippen molar-refractivity contribution in [1.82, 2.24) is 9.55 Å². The highest BCUT2D eigenvalue weighted by Crippen LogP contribution is 2.14. The minimum Gasteiger partial charge on any atom is -0.307 e. The van der Waals surface area contributed by atoms with Crippen LogP contribution in [0.25, 0.3) is 10.9 Å². The Labute approximate surface area is 151 Å². The molecule has 4 nitrogen and oxygen atoms in total. The Morgan fingerprint density at radius 2 is 1.73 bits per heavy atom. The lowest BCUT2D eigenvalue weighted by molar-refractivity contribution is 0.590. The van der Waals surface area contributed by atoms with Gasteiger partial charge in [-0.15, -0.1) is 0 Å². The number of nitrogens with one attached hydrogen (secondary N) is 1. The maximum atomic E-state index is 13.9. The molecule has 1 aromatic heterocycles. The van der Waals surface area contributed by atoms with E-state index in [0.717, 1.165) is 11.7 Å². The minimum absolute atomic E-state index is 0.0984. The van der Waals surface area contributed by atoms with E-state index in [-0.39, 0.29) is 6.54 Å². The van der Waals surface area contributed by atoms with Crippen molar-refractivity contribution in [3.05, 3.63) is 75.8 Å². The highest BCUT2D eigenvalue weighted by molar-refractivity contribution is 14.1. The molecule has 0 aliphatic heterocycles. The topological polar surface area (TPSA) is 54.9 Å². The average molecular weight is 522 g/mol. The lowest BCUT2D eigenvalue weighted by Gasteiger charge is -2.08. The van der Waals surface area contributed by atoms with Crippen molar-refractivity contribution in [2.75, 3.05) is 0 Å². The highest BCUT2D eigenvalue weighted by atomic mass is 127. The molecule has 0 unspecified atom stereocenters. The first-order valence-corrected chi connectivity index (χ1v) is 8.48. The molecule has 0 fully saturated rings. The second-order valence-electron chi connectivity index (χ2n) is 4.75. The van der Waals surface area contributed by atoms with Gasteiger partial charge >= 0.3 is 5.69 Å². The van der Waals surface area contributed by atoms with E-state index < -0.39 is 17.1 Å². The van der Waals surface area contributed by atoms with E-state index in [2.05, 4.69) is 27.6 Å². The predicted molar refractivity (Wildman–Crippen MR) is 99.8 cm³/mol. The van der Waals surface area contributed by atoms with Crippen molar-refractivity contribution in [2.24, 2.45) is 0 Å². The van der Waals surface area contributed by atoms with E-state index in [1.165, 1.54) is 6.07 Å². The molecule has 0 radical (unpaired) electrons. The summed E-state index contributed by atoms with van der Waals surface area (Å²) in [5, 5.41) is 0.408. The van der Waals surface area contributed by atoms with Crippen LogP contribution in [0.3, 0.4) is 0 Å². The normalized spacial score (nSPS) is 11.0. The lowest BCUT2D eigenvalue weighted by atomic mass is 10.2. The van der Waals surface area contributed by atoms with E-state index in [1.807, 2.05) is 22.6 Å². The fourth-order valence-electron chi connectivity index (χ4n) is 2.19. The molecule has 3 aromatic rings. The van der Waals surface area contributed by atoms with Gasteiger partial charge in [0.2, 0.25) is 0 Å². The first kappa shape index (κ1) is 15.7. The molecule has 0 aliphatic rings. The molecule has 2 aromatic carbocycles. The molecule has 0 atom stereocenters. The zero-order valence-corrected chi connectivity index (χ0v) is 15.4. The van der Waals surface area contributed by atoms with Gasteiger partial charge in [0.1, 0.15) is 5.82 Å². The number of fused-ring (bicyclic) bond motifs is 1. The molecule has 1 heterocycles. The van der Waals surface area contributed by atoms with Gasteiger partial charge < -0.3 is 4.98 Å². The Bertz CT molecular complexity index is 995. The van der Waals surface area contributed by atoms with E-state index in [9.17, 15) is 14.0 Å². The van der Waals surface area contributed by atoms with Crippen LogP contribution in [0.1, 0.15) is 5.56 Å². The monoisotopic (exact) mass is 522 g/mol. The smallest absolute Gasteiger partial charge is 0.307 e. The van der Waals surface area contributed by atoms with E-state index in [4.69, 9.17) is 0 Å². The summed E-state index contributed by atoms with van der Waals surface area (Å²) in [5.74, 6) is -0.430. The number of benzene rings is 2. The largest absolute Gasteiger partial charge is 0.329 e. The Morgan fingerprint density at radius 1 is 1.05 bits per heavy atom. The molecular weight excluding hydrogens is 513 g/mol. The van der Waals surface area contributed by atoms with Crippen molar-refractivity contribution in [3.8, 4) is 0 Å². The van der Waals surface area contributed by atoms with Gasteiger partial charge in [-0.05, 0) is 75.5 Å². The fourth-order valence-corrected chi connectivity index (χ4v) is 3.13. The summed E-state index contributed by atoms with van der Waals surface area (Å²) >= 11 is 4.11. The zero-order valence-electron chi connectivity index (χ0n) is 11.1. The first-order valence-electron chi connectivity index (χ1n) is 6.32. The summed E-state index contributed by atoms with van der Waals surface area (Å²) < 4.78 is 16.6.